The monoisotopic (exact) mass is 273 g/mol. The Morgan fingerprint density at radius 1 is 0.947 bits per heavy atom. The van der Waals surface area contributed by atoms with E-state index in [1.807, 2.05) is 27.7 Å². The summed E-state index contributed by atoms with van der Waals surface area (Å²) in [6, 6.07) is 0.486. The molecule has 19 heavy (non-hydrogen) atoms. The second-order valence-electron chi connectivity index (χ2n) is 5.49. The lowest BCUT2D eigenvalue weighted by atomic mass is 9.64. The lowest BCUT2D eigenvalue weighted by Gasteiger charge is -2.44. The summed E-state index contributed by atoms with van der Waals surface area (Å²) in [5.41, 5.74) is 6.63. The second-order valence-corrected chi connectivity index (χ2v) is 5.49. The second kappa shape index (κ2) is 10.7. The van der Waals surface area contributed by atoms with Gasteiger partial charge in [-0.1, -0.05) is 27.7 Å². The van der Waals surface area contributed by atoms with Gasteiger partial charge in [-0.15, -0.1) is 0 Å². The molecular formula is C17H39NO. The highest BCUT2D eigenvalue weighted by atomic mass is 16.5. The first-order valence-electron chi connectivity index (χ1n) is 8.61. The maximum absolute atomic E-state index is 5.98. The van der Waals surface area contributed by atoms with Crippen molar-refractivity contribution in [3.8, 4) is 0 Å². The zero-order chi connectivity index (χ0) is 14.7. The van der Waals surface area contributed by atoms with Gasteiger partial charge >= 0.3 is 0 Å². The molecule has 2 saturated carbocycles. The molecule has 118 valence electrons. The Hall–Kier alpha value is -0.0800. The molecule has 0 aromatic carbocycles. The van der Waals surface area contributed by atoms with Crippen molar-refractivity contribution in [3.05, 3.63) is 0 Å². The highest BCUT2D eigenvalue weighted by Gasteiger charge is 2.37. The fourth-order valence-corrected chi connectivity index (χ4v) is 3.36. The van der Waals surface area contributed by atoms with Crippen LogP contribution in [0.3, 0.4) is 0 Å². The molecule has 1 spiro atoms. The van der Waals surface area contributed by atoms with Crippen molar-refractivity contribution in [3.63, 3.8) is 0 Å². The molecule has 0 aromatic rings. The van der Waals surface area contributed by atoms with E-state index in [9.17, 15) is 0 Å². The molecule has 0 atom stereocenters. The van der Waals surface area contributed by atoms with E-state index in [1.165, 1.54) is 51.4 Å². The fraction of sp³-hybridized carbons (Fsp3) is 1.00. The van der Waals surface area contributed by atoms with E-state index < -0.39 is 0 Å². The van der Waals surface area contributed by atoms with Crippen LogP contribution in [0.4, 0.5) is 0 Å². The van der Waals surface area contributed by atoms with E-state index in [0.717, 1.165) is 6.61 Å². The van der Waals surface area contributed by atoms with E-state index in [4.69, 9.17) is 10.5 Å². The molecule has 0 unspecified atom stereocenters. The summed E-state index contributed by atoms with van der Waals surface area (Å²) in [5, 5.41) is 0. The van der Waals surface area contributed by atoms with Gasteiger partial charge in [-0.3, -0.25) is 0 Å². The van der Waals surface area contributed by atoms with Crippen LogP contribution >= 0.6 is 0 Å². The van der Waals surface area contributed by atoms with Crippen LogP contribution in [0.1, 0.15) is 87.4 Å². The normalized spacial score (nSPS) is 33.8. The van der Waals surface area contributed by atoms with Crippen molar-refractivity contribution in [1.29, 1.82) is 0 Å². The van der Waals surface area contributed by atoms with Crippen LogP contribution in [0.15, 0.2) is 0 Å². The minimum Gasteiger partial charge on any atom is -0.379 e. The number of ether oxygens (including phenoxy) is 1. The molecule has 0 radical (unpaired) electrons. The minimum absolute atomic E-state index is 0. The van der Waals surface area contributed by atoms with E-state index in [2.05, 4.69) is 6.92 Å². The molecule has 2 nitrogen and oxygen atoms in total. The van der Waals surface area contributed by atoms with Crippen LogP contribution < -0.4 is 5.73 Å². The molecule has 0 saturated heterocycles. The molecule has 2 N–H and O–H groups in total. The van der Waals surface area contributed by atoms with Gasteiger partial charge in [0.05, 0.1) is 6.10 Å². The Kier molecular flexibility index (Phi) is 10.6. The maximum Gasteiger partial charge on any atom is 0.0575 e. The molecule has 2 aliphatic rings. The smallest absolute Gasteiger partial charge is 0.0575 e. The molecule has 2 aliphatic carbocycles. The van der Waals surface area contributed by atoms with Gasteiger partial charge in [0.1, 0.15) is 0 Å². The summed E-state index contributed by atoms with van der Waals surface area (Å²) in [4.78, 5) is 0. The zero-order valence-electron chi connectivity index (χ0n) is 14.0. The topological polar surface area (TPSA) is 35.2 Å². The Bertz CT molecular complexity index is 193. The number of hydrogen-bond donors (Lipinski definition) is 1. The first kappa shape index (κ1) is 18.9. The first-order valence-corrected chi connectivity index (χ1v) is 8.61. The van der Waals surface area contributed by atoms with Crippen LogP contribution in [-0.2, 0) is 4.74 Å². The Balaban J connectivity index is 0. The first-order chi connectivity index (χ1) is 9.24. The highest BCUT2D eigenvalue weighted by molar-refractivity contribution is 4.91. The Morgan fingerprint density at radius 2 is 1.37 bits per heavy atom. The highest BCUT2D eigenvalue weighted by Crippen LogP contribution is 2.47. The van der Waals surface area contributed by atoms with Gasteiger partial charge in [0.15, 0.2) is 0 Å². The van der Waals surface area contributed by atoms with Gasteiger partial charge in [-0.05, 0) is 63.7 Å². The van der Waals surface area contributed by atoms with Gasteiger partial charge < -0.3 is 10.5 Å². The number of hydrogen-bond acceptors (Lipinski definition) is 2. The summed E-state index contributed by atoms with van der Waals surface area (Å²) >= 11 is 0. The predicted octanol–water partition coefficient (Wildman–Crippen LogP) is 5.15. The summed E-state index contributed by atoms with van der Waals surface area (Å²) in [7, 11) is 0. The third-order valence-electron chi connectivity index (χ3n) is 4.49. The quantitative estimate of drug-likeness (QED) is 0.755. The minimum atomic E-state index is 0. The SMILES string of the molecule is CC.CC.CCOC1CCC2(CCC(N)CC2)CC1.[HH]. The average Bonchev–Trinajstić information content (AvgIpc) is 2.49. The molecule has 2 rings (SSSR count). The van der Waals surface area contributed by atoms with Gasteiger partial charge in [-0.2, -0.15) is 0 Å². The third-order valence-corrected chi connectivity index (χ3v) is 4.49. The van der Waals surface area contributed by atoms with Gasteiger partial charge in [0.2, 0.25) is 0 Å². The molecule has 0 aliphatic heterocycles. The maximum atomic E-state index is 5.98. The standard InChI is InChI=1S/C13H25NO.2C2H6.H2/c1-2-15-12-5-9-13(10-6-12)7-3-11(14)4-8-13;2*1-2;/h11-12H,2-10,14H2,1H3;2*1-2H3;1H. The van der Waals surface area contributed by atoms with Crippen molar-refractivity contribution < 1.29 is 6.16 Å². The lowest BCUT2D eigenvalue weighted by molar-refractivity contribution is -0.0102. The molecule has 2 fully saturated rings. The molecule has 0 heterocycles. The van der Waals surface area contributed by atoms with Crippen LogP contribution in [0.2, 0.25) is 0 Å². The summed E-state index contributed by atoms with van der Waals surface area (Å²) in [5.74, 6) is 0. The van der Waals surface area contributed by atoms with Crippen LogP contribution in [0.25, 0.3) is 0 Å². The molecular weight excluding hydrogens is 234 g/mol. The zero-order valence-corrected chi connectivity index (χ0v) is 14.0. The van der Waals surface area contributed by atoms with Gasteiger partial charge in [0, 0.05) is 14.1 Å². The molecule has 0 aromatic heterocycles. The molecule has 0 bridgehead atoms. The van der Waals surface area contributed by atoms with Crippen molar-refractivity contribution in [2.24, 2.45) is 11.1 Å². The number of rotatable bonds is 2. The molecule has 2 heteroatoms. The van der Waals surface area contributed by atoms with E-state index in [1.54, 1.807) is 0 Å². The third kappa shape index (κ3) is 6.27. The van der Waals surface area contributed by atoms with Crippen molar-refractivity contribution in [2.75, 3.05) is 6.61 Å². The Morgan fingerprint density at radius 3 is 1.79 bits per heavy atom. The van der Waals surface area contributed by atoms with E-state index >= 15 is 0 Å². The van der Waals surface area contributed by atoms with E-state index in [0.29, 0.717) is 17.6 Å². The van der Waals surface area contributed by atoms with E-state index in [-0.39, 0.29) is 1.43 Å². The van der Waals surface area contributed by atoms with Crippen molar-refractivity contribution in [1.82, 2.24) is 0 Å². The largest absolute Gasteiger partial charge is 0.379 e. The summed E-state index contributed by atoms with van der Waals surface area (Å²) in [6.45, 7) is 11.0. The lowest BCUT2D eigenvalue weighted by Crippen LogP contribution is -2.38. The summed E-state index contributed by atoms with van der Waals surface area (Å²) < 4.78 is 5.71. The number of nitrogens with two attached hydrogens (primary N) is 1. The van der Waals surface area contributed by atoms with Gasteiger partial charge in [0.25, 0.3) is 0 Å². The van der Waals surface area contributed by atoms with Crippen LogP contribution in [0.5, 0.6) is 0 Å². The van der Waals surface area contributed by atoms with Crippen molar-refractivity contribution >= 4 is 0 Å². The van der Waals surface area contributed by atoms with Crippen LogP contribution in [-0.4, -0.2) is 18.8 Å². The predicted molar refractivity (Wildman–Crippen MR) is 87.6 cm³/mol. The Labute approximate surface area is 123 Å². The molecule has 0 amide bonds. The van der Waals surface area contributed by atoms with Crippen LogP contribution in [0, 0.1) is 5.41 Å². The fourth-order valence-electron chi connectivity index (χ4n) is 3.36. The summed E-state index contributed by atoms with van der Waals surface area (Å²) in [6.07, 6.45) is 11.1. The van der Waals surface area contributed by atoms with Crippen molar-refractivity contribution in [2.45, 2.75) is 98.1 Å². The average molecular weight is 274 g/mol. The van der Waals surface area contributed by atoms with Gasteiger partial charge in [-0.25, -0.2) is 0 Å².